The lowest BCUT2D eigenvalue weighted by Crippen LogP contribution is -2.56. The van der Waals surface area contributed by atoms with Gasteiger partial charge in [-0.05, 0) is 96.2 Å². The van der Waals surface area contributed by atoms with Crippen molar-refractivity contribution in [2.24, 2.45) is 5.41 Å². The van der Waals surface area contributed by atoms with Crippen molar-refractivity contribution in [2.45, 2.75) is 104 Å². The zero-order chi connectivity index (χ0) is 39.8. The number of nitriles is 1. The second-order valence-corrected chi connectivity index (χ2v) is 16.8. The van der Waals surface area contributed by atoms with Gasteiger partial charge < -0.3 is 35.1 Å². The topological polar surface area (TPSA) is 157 Å². The van der Waals surface area contributed by atoms with Crippen LogP contribution in [0.5, 0.6) is 11.5 Å². The number of amides is 2. The number of rotatable bonds is 16. The number of β-amino-alcohol motifs (C(OH)–C–C–N with tert-alkyl or cyclic N) is 1. The van der Waals surface area contributed by atoms with Gasteiger partial charge >= 0.3 is 7.12 Å². The lowest BCUT2D eigenvalue weighted by atomic mass is 9.80. The summed E-state index contributed by atoms with van der Waals surface area (Å²) >= 11 is 1.60. The average molecular weight is 778 g/mol. The summed E-state index contributed by atoms with van der Waals surface area (Å²) < 4.78 is 11.4. The maximum absolute atomic E-state index is 14.0. The van der Waals surface area contributed by atoms with Crippen LogP contribution in [-0.4, -0.2) is 70.2 Å². The fourth-order valence-corrected chi connectivity index (χ4v) is 8.27. The Morgan fingerprint density at radius 1 is 1.05 bits per heavy atom. The van der Waals surface area contributed by atoms with Crippen molar-refractivity contribution in [3.63, 3.8) is 0 Å². The summed E-state index contributed by atoms with van der Waals surface area (Å²) in [7, 11) is -0.903. The highest BCUT2D eigenvalue weighted by atomic mass is 32.1. The molecule has 2 aliphatic rings. The first-order valence-corrected chi connectivity index (χ1v) is 20.4. The van der Waals surface area contributed by atoms with Crippen LogP contribution in [0.1, 0.15) is 87.2 Å². The normalized spacial score (nSPS) is 17.1. The number of aliphatic hydroxyl groups is 1. The van der Waals surface area contributed by atoms with Crippen LogP contribution in [0, 0.1) is 23.7 Å². The Labute approximate surface area is 334 Å². The zero-order valence-corrected chi connectivity index (χ0v) is 33.5. The van der Waals surface area contributed by atoms with E-state index in [2.05, 4.69) is 21.7 Å². The number of carbonyl (C=O) groups excluding carboxylic acids is 2. The molecule has 3 aromatic carbocycles. The smallest absolute Gasteiger partial charge is 0.457 e. The van der Waals surface area contributed by atoms with Gasteiger partial charge in [0.2, 0.25) is 11.8 Å². The molecule has 0 aliphatic carbocycles. The average Bonchev–Trinajstić information content (AvgIpc) is 3.90. The molecular weight excluding hydrogens is 725 g/mol. The number of aryl methyl sites for hydroxylation is 2. The quantitative estimate of drug-likeness (QED) is 0.0819. The first kappa shape index (κ1) is 41.1. The molecule has 1 aromatic heterocycles. The SMILES string of the molecule is Cc1ncsc1-c1ccc(CNC(=O)[C@@H]2C[C@@H](O)CN2C(=O)C(NCCCCCCCc2cc(C#N)cc(Oc3ccc4c(c3)COB4O)c2)C(C)(C)C)cc1. The maximum atomic E-state index is 14.0. The minimum Gasteiger partial charge on any atom is -0.457 e. The first-order valence-electron chi connectivity index (χ1n) is 19.5. The monoisotopic (exact) mass is 777 g/mol. The van der Waals surface area contributed by atoms with E-state index in [1.54, 1.807) is 34.4 Å². The van der Waals surface area contributed by atoms with Gasteiger partial charge in [-0.3, -0.25) is 9.59 Å². The number of likely N-dealkylation sites (tertiary alicyclic amines) is 1. The summed E-state index contributed by atoms with van der Waals surface area (Å²) in [6, 6.07) is 20.1. The van der Waals surface area contributed by atoms with Gasteiger partial charge in [0.25, 0.3) is 0 Å². The summed E-state index contributed by atoms with van der Waals surface area (Å²) in [5, 5.41) is 36.6. The van der Waals surface area contributed by atoms with Crippen LogP contribution in [0.4, 0.5) is 0 Å². The molecule has 1 unspecified atom stereocenters. The number of benzene rings is 3. The van der Waals surface area contributed by atoms with Crippen molar-refractivity contribution in [3.05, 3.63) is 94.1 Å². The van der Waals surface area contributed by atoms with E-state index in [1.807, 2.05) is 75.7 Å². The predicted octanol–water partition coefficient (Wildman–Crippen LogP) is 5.78. The fraction of sp³-hybridized carbons (Fsp3) is 0.442. The number of aromatic nitrogens is 1. The van der Waals surface area contributed by atoms with Crippen molar-refractivity contribution in [3.8, 4) is 28.0 Å². The highest BCUT2D eigenvalue weighted by molar-refractivity contribution is 7.13. The number of thiazole rings is 1. The number of nitrogens with one attached hydrogen (secondary N) is 2. The van der Waals surface area contributed by atoms with Crippen molar-refractivity contribution < 1.29 is 29.1 Å². The molecule has 1 fully saturated rings. The van der Waals surface area contributed by atoms with Gasteiger partial charge in [-0.1, -0.05) is 70.4 Å². The molecule has 4 aromatic rings. The Morgan fingerprint density at radius 2 is 1.82 bits per heavy atom. The van der Waals surface area contributed by atoms with Gasteiger partial charge in [0, 0.05) is 19.5 Å². The van der Waals surface area contributed by atoms with E-state index in [9.17, 15) is 25.0 Å². The van der Waals surface area contributed by atoms with Gasteiger partial charge in [-0.2, -0.15) is 5.26 Å². The van der Waals surface area contributed by atoms with Crippen molar-refractivity contribution in [1.29, 1.82) is 5.26 Å². The molecule has 0 spiro atoms. The molecule has 1 saturated heterocycles. The maximum Gasteiger partial charge on any atom is 0.491 e. The fourth-order valence-electron chi connectivity index (χ4n) is 7.46. The van der Waals surface area contributed by atoms with Crippen molar-refractivity contribution in [1.82, 2.24) is 20.5 Å². The molecule has 56 heavy (non-hydrogen) atoms. The highest BCUT2D eigenvalue weighted by Gasteiger charge is 2.43. The first-order chi connectivity index (χ1) is 26.9. The summed E-state index contributed by atoms with van der Waals surface area (Å²) in [5.41, 5.74) is 7.69. The van der Waals surface area contributed by atoms with Gasteiger partial charge in [0.05, 0.1) is 46.5 Å². The second-order valence-electron chi connectivity index (χ2n) is 16.0. The molecule has 0 radical (unpaired) electrons. The van der Waals surface area contributed by atoms with Crippen molar-refractivity contribution in [2.75, 3.05) is 13.1 Å². The number of unbranched alkanes of at least 4 members (excludes halogenated alkanes) is 4. The van der Waals surface area contributed by atoms with Gasteiger partial charge in [0.1, 0.15) is 17.5 Å². The third-order valence-electron chi connectivity index (χ3n) is 10.5. The standard InChI is InChI=1S/C43H52BN5O6S/c1-28-39(56-27-48-28)32-13-11-29(12-14-32)24-47-41(51)38-22-34(50)25-49(38)42(52)40(43(2,3)4)46-17-9-7-5-6-8-10-30-18-31(23-45)20-36(19-30)55-35-15-16-37-33(21-35)26-54-44(37)53/h11-16,18-21,27,34,38,40,46,50,53H,5-10,17,22,24-26H2,1-4H3,(H,47,51)/t34-,38+,40?/m1/s1. The lowest BCUT2D eigenvalue weighted by Gasteiger charge is -2.35. The third kappa shape index (κ3) is 10.4. The Balaban J connectivity index is 0.936. The number of aliphatic hydroxyl groups excluding tert-OH is 1. The van der Waals surface area contributed by atoms with Crippen LogP contribution >= 0.6 is 11.3 Å². The highest BCUT2D eigenvalue weighted by Crippen LogP contribution is 2.30. The molecule has 4 N–H and O–H groups in total. The molecular formula is C43H52BN5O6S. The number of nitrogens with zero attached hydrogens (tertiary/aromatic N) is 3. The number of hydrogen-bond acceptors (Lipinski definition) is 10. The van der Waals surface area contributed by atoms with Crippen LogP contribution in [0.3, 0.4) is 0 Å². The number of carbonyl (C=O) groups is 2. The Hall–Kier alpha value is -4.58. The van der Waals surface area contributed by atoms with E-state index in [-0.39, 0.29) is 24.8 Å². The molecule has 3 heterocycles. The minimum absolute atomic E-state index is 0.132. The van der Waals surface area contributed by atoms with Crippen LogP contribution in [0.2, 0.25) is 0 Å². The van der Waals surface area contributed by atoms with Crippen LogP contribution < -0.4 is 20.8 Å². The molecule has 3 atom stereocenters. The Kier molecular flexibility index (Phi) is 13.6. The molecule has 0 bridgehead atoms. The molecule has 11 nitrogen and oxygen atoms in total. The summed E-state index contributed by atoms with van der Waals surface area (Å²) in [6.45, 7) is 9.50. The van der Waals surface area contributed by atoms with Crippen LogP contribution in [-0.2, 0) is 33.8 Å². The summed E-state index contributed by atoms with van der Waals surface area (Å²) in [5.74, 6) is 0.813. The van der Waals surface area contributed by atoms with E-state index in [0.29, 0.717) is 36.8 Å². The minimum atomic E-state index is -0.903. The molecule has 294 valence electrons. The largest absolute Gasteiger partial charge is 0.491 e. The van der Waals surface area contributed by atoms with Crippen LogP contribution in [0.25, 0.3) is 10.4 Å². The van der Waals surface area contributed by atoms with E-state index in [1.165, 1.54) is 0 Å². The molecule has 0 saturated carbocycles. The molecule has 2 amide bonds. The van der Waals surface area contributed by atoms with Crippen molar-refractivity contribution >= 4 is 35.7 Å². The Morgan fingerprint density at radius 3 is 2.55 bits per heavy atom. The van der Waals surface area contributed by atoms with E-state index in [4.69, 9.17) is 9.39 Å². The zero-order valence-electron chi connectivity index (χ0n) is 32.7. The molecule has 13 heteroatoms. The number of fused-ring (bicyclic) bond motifs is 1. The van der Waals surface area contributed by atoms with E-state index < -0.39 is 30.7 Å². The number of ether oxygens (including phenoxy) is 1. The van der Waals surface area contributed by atoms with Gasteiger partial charge in [-0.15, -0.1) is 11.3 Å². The Bertz CT molecular complexity index is 2030. The lowest BCUT2D eigenvalue weighted by molar-refractivity contribution is -0.142. The molecule has 6 rings (SSSR count). The van der Waals surface area contributed by atoms with Gasteiger partial charge in [-0.25, -0.2) is 4.98 Å². The molecule has 2 aliphatic heterocycles. The third-order valence-corrected chi connectivity index (χ3v) is 11.5. The van der Waals surface area contributed by atoms with Crippen LogP contribution in [0.15, 0.2) is 66.2 Å². The van der Waals surface area contributed by atoms with Gasteiger partial charge in [0.15, 0.2) is 0 Å². The summed E-state index contributed by atoms with van der Waals surface area (Å²) in [6.07, 6.45) is 5.22. The van der Waals surface area contributed by atoms with E-state index in [0.717, 1.165) is 76.8 Å². The van der Waals surface area contributed by atoms with E-state index >= 15 is 0 Å². The predicted molar refractivity (Wildman–Crippen MR) is 218 cm³/mol. The second kappa shape index (κ2) is 18.6. The number of hydrogen-bond donors (Lipinski definition) is 4. The summed E-state index contributed by atoms with van der Waals surface area (Å²) in [4.78, 5) is 34.4.